The van der Waals surface area contributed by atoms with Gasteiger partial charge in [-0.1, -0.05) is 47.7 Å². The monoisotopic (exact) mass is 485 g/mol. The van der Waals surface area contributed by atoms with Crippen LogP contribution in [0.5, 0.6) is 0 Å². The number of benzene rings is 2. The molecule has 0 unspecified atom stereocenters. The Hall–Kier alpha value is -3.36. The molecule has 2 aromatic heterocycles. The van der Waals surface area contributed by atoms with Crippen molar-refractivity contribution in [3.05, 3.63) is 84.7 Å². The number of anilines is 3. The highest BCUT2D eigenvalue weighted by Gasteiger charge is 2.22. The van der Waals surface area contributed by atoms with Crippen molar-refractivity contribution < 1.29 is 0 Å². The van der Waals surface area contributed by atoms with Gasteiger partial charge in [-0.2, -0.15) is 0 Å². The second kappa shape index (κ2) is 10.1. The molecule has 35 heavy (non-hydrogen) atoms. The molecule has 0 N–H and O–H groups in total. The predicted octanol–water partition coefficient (Wildman–Crippen LogP) is 3.98. The summed E-state index contributed by atoms with van der Waals surface area (Å²) in [5.74, 6) is 0. The first-order valence-electron chi connectivity index (χ1n) is 12.4. The topological polar surface area (TPSA) is 43.7 Å². The minimum Gasteiger partial charge on any atom is -0.369 e. The molecule has 0 radical (unpaired) electrons. The lowest BCUT2D eigenvalue weighted by Crippen LogP contribution is -2.46. The van der Waals surface area contributed by atoms with Gasteiger partial charge in [-0.3, -0.25) is 9.47 Å². The lowest BCUT2D eigenvalue weighted by atomic mass is 10.2. The maximum atomic E-state index is 4.57. The van der Waals surface area contributed by atoms with Crippen molar-refractivity contribution >= 4 is 27.8 Å². The molecule has 0 aliphatic carbocycles. The van der Waals surface area contributed by atoms with Crippen molar-refractivity contribution in [1.29, 1.82) is 0 Å². The predicted molar refractivity (Wildman–Crippen MR) is 144 cm³/mol. The molecule has 0 spiro atoms. The van der Waals surface area contributed by atoms with E-state index >= 15 is 0 Å². The van der Waals surface area contributed by atoms with Crippen LogP contribution in [0.1, 0.15) is 5.69 Å². The summed E-state index contributed by atoms with van der Waals surface area (Å²) in [7, 11) is 0. The van der Waals surface area contributed by atoms with Gasteiger partial charge < -0.3 is 14.7 Å². The molecule has 0 amide bonds. The van der Waals surface area contributed by atoms with Crippen LogP contribution in [0.15, 0.2) is 79.0 Å². The van der Waals surface area contributed by atoms with Gasteiger partial charge in [0.2, 0.25) is 10.3 Å². The fraction of sp³-hybridized carbons (Fsp3) is 0.333. The summed E-state index contributed by atoms with van der Waals surface area (Å²) >= 11 is 1.69. The zero-order valence-corrected chi connectivity index (χ0v) is 20.7. The highest BCUT2D eigenvalue weighted by atomic mass is 32.1. The largest absolute Gasteiger partial charge is 0.369 e. The number of para-hydroxylation sites is 2. The highest BCUT2D eigenvalue weighted by molar-refractivity contribution is 7.17. The first kappa shape index (κ1) is 22.1. The quantitative estimate of drug-likeness (QED) is 0.412. The van der Waals surface area contributed by atoms with Crippen LogP contribution in [0.4, 0.5) is 16.5 Å². The van der Waals surface area contributed by atoms with Crippen LogP contribution < -0.4 is 14.7 Å². The van der Waals surface area contributed by atoms with Gasteiger partial charge in [0.1, 0.15) is 0 Å². The fourth-order valence-corrected chi connectivity index (χ4v) is 5.91. The second-order valence-corrected chi connectivity index (χ2v) is 10.1. The van der Waals surface area contributed by atoms with E-state index in [-0.39, 0.29) is 0 Å². The fourth-order valence-electron chi connectivity index (χ4n) is 4.99. The zero-order valence-electron chi connectivity index (χ0n) is 19.9. The van der Waals surface area contributed by atoms with Gasteiger partial charge in [-0.25, -0.2) is 0 Å². The third-order valence-electron chi connectivity index (χ3n) is 6.99. The van der Waals surface area contributed by atoms with E-state index in [4.69, 9.17) is 0 Å². The van der Waals surface area contributed by atoms with Crippen LogP contribution >= 0.6 is 11.3 Å². The van der Waals surface area contributed by atoms with E-state index in [2.05, 4.69) is 113 Å². The summed E-state index contributed by atoms with van der Waals surface area (Å²) in [6, 6.07) is 25.7. The zero-order chi connectivity index (χ0) is 23.5. The molecule has 2 aromatic carbocycles. The Morgan fingerprint density at radius 3 is 1.74 bits per heavy atom. The van der Waals surface area contributed by atoms with E-state index in [0.717, 1.165) is 69.2 Å². The first-order valence-corrected chi connectivity index (χ1v) is 13.2. The van der Waals surface area contributed by atoms with Crippen molar-refractivity contribution in [2.75, 3.05) is 67.1 Å². The summed E-state index contributed by atoms with van der Waals surface area (Å²) in [5, 5.41) is 11.1. The van der Waals surface area contributed by atoms with Gasteiger partial charge in [0.05, 0.1) is 0 Å². The van der Waals surface area contributed by atoms with Crippen LogP contribution in [0.3, 0.4) is 0 Å². The molecule has 0 saturated carbocycles. The first-order chi connectivity index (χ1) is 17.3. The molecule has 2 fully saturated rings. The van der Waals surface area contributed by atoms with E-state index in [1.165, 1.54) is 17.1 Å². The standard InChI is InChI=1S/C27H31N7S/c1-3-8-23(9-4-1)31-16-14-30(15-17-31)22-25-12-7-13-34(25)27-29-28-26(35-27)33-20-18-32(19-21-33)24-10-5-2-6-11-24/h1-13H,14-22H2. The molecule has 180 valence electrons. The summed E-state index contributed by atoms with van der Waals surface area (Å²) in [6.07, 6.45) is 2.12. The lowest BCUT2D eigenvalue weighted by Gasteiger charge is -2.36. The van der Waals surface area contributed by atoms with E-state index in [1.807, 2.05) is 0 Å². The summed E-state index contributed by atoms with van der Waals surface area (Å²) in [4.78, 5) is 9.83. The molecule has 0 atom stereocenters. The maximum absolute atomic E-state index is 4.57. The van der Waals surface area contributed by atoms with Crippen molar-refractivity contribution in [3.8, 4) is 5.13 Å². The summed E-state index contributed by atoms with van der Waals surface area (Å²) < 4.78 is 2.21. The SMILES string of the molecule is c1ccc(N2CCN(Cc3cccn3-c3nnc(N4CCN(c5ccccc5)CC4)s3)CC2)cc1. The molecule has 0 bridgehead atoms. The molecular weight excluding hydrogens is 454 g/mol. The molecule has 2 aliphatic heterocycles. The van der Waals surface area contributed by atoms with Crippen LogP contribution in [-0.4, -0.2) is 72.0 Å². The second-order valence-electron chi connectivity index (χ2n) is 9.15. The minimum atomic E-state index is 0.931. The van der Waals surface area contributed by atoms with Gasteiger partial charge in [0, 0.05) is 82.2 Å². The molecule has 8 heteroatoms. The Morgan fingerprint density at radius 1 is 0.571 bits per heavy atom. The smallest absolute Gasteiger partial charge is 0.218 e. The van der Waals surface area contributed by atoms with E-state index in [1.54, 1.807) is 11.3 Å². The van der Waals surface area contributed by atoms with Crippen LogP contribution in [0, 0.1) is 0 Å². The molecule has 6 rings (SSSR count). The van der Waals surface area contributed by atoms with Crippen LogP contribution in [0.2, 0.25) is 0 Å². The summed E-state index contributed by atoms with van der Waals surface area (Å²) in [5.41, 5.74) is 3.89. The Morgan fingerprint density at radius 2 is 1.11 bits per heavy atom. The Labute approximate surface area is 210 Å². The van der Waals surface area contributed by atoms with E-state index < -0.39 is 0 Å². The maximum Gasteiger partial charge on any atom is 0.218 e. The van der Waals surface area contributed by atoms with Crippen molar-refractivity contribution in [2.24, 2.45) is 0 Å². The minimum absolute atomic E-state index is 0.931. The van der Waals surface area contributed by atoms with Crippen LogP contribution in [-0.2, 0) is 6.54 Å². The molecule has 2 aliphatic rings. The van der Waals surface area contributed by atoms with Gasteiger partial charge >= 0.3 is 0 Å². The van der Waals surface area contributed by atoms with Crippen LogP contribution in [0.25, 0.3) is 5.13 Å². The number of nitrogens with zero attached hydrogens (tertiary/aromatic N) is 7. The van der Waals surface area contributed by atoms with E-state index in [9.17, 15) is 0 Å². The Bertz CT molecular complexity index is 1210. The average Bonchev–Trinajstić information content (AvgIpc) is 3.60. The van der Waals surface area contributed by atoms with Gasteiger partial charge in [0.25, 0.3) is 0 Å². The highest BCUT2D eigenvalue weighted by Crippen LogP contribution is 2.27. The van der Waals surface area contributed by atoms with Gasteiger partial charge in [0.15, 0.2) is 0 Å². The number of hydrogen-bond donors (Lipinski definition) is 0. The molecule has 4 aromatic rings. The van der Waals surface area contributed by atoms with E-state index in [0.29, 0.717) is 0 Å². The van der Waals surface area contributed by atoms with Crippen molar-refractivity contribution in [3.63, 3.8) is 0 Å². The summed E-state index contributed by atoms with van der Waals surface area (Å²) in [6.45, 7) is 9.11. The number of rotatable bonds is 6. The van der Waals surface area contributed by atoms with Crippen molar-refractivity contribution in [2.45, 2.75) is 6.54 Å². The third kappa shape index (κ3) is 4.90. The Balaban J connectivity index is 1.07. The molecule has 4 heterocycles. The molecular formula is C27H31N7S. The van der Waals surface area contributed by atoms with Crippen molar-refractivity contribution in [1.82, 2.24) is 19.7 Å². The Kier molecular flexibility index (Phi) is 6.38. The average molecular weight is 486 g/mol. The number of aromatic nitrogens is 3. The van der Waals surface area contributed by atoms with Gasteiger partial charge in [-0.15, -0.1) is 10.2 Å². The molecule has 2 saturated heterocycles. The third-order valence-corrected chi connectivity index (χ3v) is 7.98. The number of hydrogen-bond acceptors (Lipinski definition) is 7. The molecule has 7 nitrogen and oxygen atoms in total. The van der Waals surface area contributed by atoms with Gasteiger partial charge in [-0.05, 0) is 36.4 Å². The normalized spacial score (nSPS) is 17.2. The number of piperazine rings is 2. The lowest BCUT2D eigenvalue weighted by molar-refractivity contribution is 0.246.